The quantitative estimate of drug-likeness (QED) is 0.797. The SMILES string of the molecule is CC(=O)c1cc(CC(=O)c2ccc(Cl)cc2)oc1C. The Morgan fingerprint density at radius 2 is 1.84 bits per heavy atom. The second-order valence-electron chi connectivity index (χ2n) is 4.35. The molecule has 2 rings (SSSR count). The van der Waals surface area contributed by atoms with E-state index in [4.69, 9.17) is 16.0 Å². The van der Waals surface area contributed by atoms with E-state index in [1.165, 1.54) is 6.92 Å². The molecule has 0 N–H and O–H groups in total. The monoisotopic (exact) mass is 276 g/mol. The summed E-state index contributed by atoms with van der Waals surface area (Å²) in [7, 11) is 0. The summed E-state index contributed by atoms with van der Waals surface area (Å²) in [5.74, 6) is 0.918. The van der Waals surface area contributed by atoms with Gasteiger partial charge in [0, 0.05) is 10.6 Å². The van der Waals surface area contributed by atoms with Crippen molar-refractivity contribution in [3.63, 3.8) is 0 Å². The molecule has 1 heterocycles. The third-order valence-electron chi connectivity index (χ3n) is 2.85. The fourth-order valence-corrected chi connectivity index (χ4v) is 2.00. The number of halogens is 1. The van der Waals surface area contributed by atoms with Gasteiger partial charge in [0.2, 0.25) is 0 Å². The van der Waals surface area contributed by atoms with Gasteiger partial charge < -0.3 is 4.42 Å². The topological polar surface area (TPSA) is 47.3 Å². The first kappa shape index (κ1) is 13.6. The van der Waals surface area contributed by atoms with Crippen LogP contribution in [-0.4, -0.2) is 11.6 Å². The molecule has 0 saturated carbocycles. The van der Waals surface area contributed by atoms with Crippen LogP contribution in [0, 0.1) is 6.92 Å². The highest BCUT2D eigenvalue weighted by Gasteiger charge is 2.14. The first-order chi connectivity index (χ1) is 8.97. The van der Waals surface area contributed by atoms with E-state index in [-0.39, 0.29) is 18.0 Å². The van der Waals surface area contributed by atoms with Crippen LogP contribution in [0.3, 0.4) is 0 Å². The van der Waals surface area contributed by atoms with E-state index in [9.17, 15) is 9.59 Å². The third kappa shape index (κ3) is 3.12. The van der Waals surface area contributed by atoms with Gasteiger partial charge in [0.05, 0.1) is 12.0 Å². The van der Waals surface area contributed by atoms with Crippen molar-refractivity contribution in [2.45, 2.75) is 20.3 Å². The minimum atomic E-state index is -0.0690. The largest absolute Gasteiger partial charge is 0.465 e. The Bertz CT molecular complexity index is 623. The summed E-state index contributed by atoms with van der Waals surface area (Å²) in [5.41, 5.74) is 1.10. The molecule has 4 heteroatoms. The van der Waals surface area contributed by atoms with Crippen LogP contribution in [0.1, 0.15) is 39.2 Å². The fourth-order valence-electron chi connectivity index (χ4n) is 1.88. The minimum Gasteiger partial charge on any atom is -0.465 e. The number of aryl methyl sites for hydroxylation is 1. The lowest BCUT2D eigenvalue weighted by atomic mass is 10.1. The Morgan fingerprint density at radius 1 is 1.21 bits per heavy atom. The van der Waals surface area contributed by atoms with E-state index >= 15 is 0 Å². The van der Waals surface area contributed by atoms with Gasteiger partial charge in [0.15, 0.2) is 11.6 Å². The summed E-state index contributed by atoms with van der Waals surface area (Å²) in [6, 6.07) is 8.32. The highest BCUT2D eigenvalue weighted by atomic mass is 35.5. The molecule has 0 aliphatic heterocycles. The number of hydrogen-bond donors (Lipinski definition) is 0. The summed E-state index contributed by atoms with van der Waals surface area (Å²) in [6.45, 7) is 3.19. The Hall–Kier alpha value is -1.87. The lowest BCUT2D eigenvalue weighted by molar-refractivity contribution is 0.0984. The second kappa shape index (κ2) is 5.41. The summed E-state index contributed by atoms with van der Waals surface area (Å²) in [4.78, 5) is 23.3. The van der Waals surface area contributed by atoms with Crippen LogP contribution in [0.15, 0.2) is 34.7 Å². The second-order valence-corrected chi connectivity index (χ2v) is 4.78. The lowest BCUT2D eigenvalue weighted by Gasteiger charge is -1.98. The minimum absolute atomic E-state index is 0.0635. The van der Waals surface area contributed by atoms with E-state index in [1.807, 2.05) is 0 Å². The van der Waals surface area contributed by atoms with E-state index in [1.54, 1.807) is 37.3 Å². The zero-order valence-electron chi connectivity index (χ0n) is 10.7. The molecule has 0 saturated heterocycles. The van der Waals surface area contributed by atoms with Crippen molar-refractivity contribution in [3.8, 4) is 0 Å². The third-order valence-corrected chi connectivity index (χ3v) is 3.10. The van der Waals surface area contributed by atoms with Crippen LogP contribution >= 0.6 is 11.6 Å². The smallest absolute Gasteiger partial charge is 0.170 e. The maximum Gasteiger partial charge on any atom is 0.170 e. The molecule has 2 aromatic rings. The molecule has 1 aromatic carbocycles. The van der Waals surface area contributed by atoms with Crippen LogP contribution in [-0.2, 0) is 6.42 Å². The average Bonchev–Trinajstić information content (AvgIpc) is 2.71. The first-order valence-corrected chi connectivity index (χ1v) is 6.24. The van der Waals surface area contributed by atoms with Crippen LogP contribution in [0.2, 0.25) is 5.02 Å². The van der Waals surface area contributed by atoms with Gasteiger partial charge in [0.25, 0.3) is 0 Å². The van der Waals surface area contributed by atoms with Crippen molar-refractivity contribution in [1.29, 1.82) is 0 Å². The molecule has 0 aliphatic carbocycles. The molecule has 0 radical (unpaired) electrons. The Balaban J connectivity index is 2.17. The van der Waals surface area contributed by atoms with Gasteiger partial charge in [-0.1, -0.05) is 11.6 Å². The van der Waals surface area contributed by atoms with Crippen molar-refractivity contribution in [2.75, 3.05) is 0 Å². The van der Waals surface area contributed by atoms with Crippen molar-refractivity contribution in [2.24, 2.45) is 0 Å². The molecule has 0 spiro atoms. The van der Waals surface area contributed by atoms with Crippen molar-refractivity contribution >= 4 is 23.2 Å². The van der Waals surface area contributed by atoms with E-state index < -0.39 is 0 Å². The number of carbonyl (C=O) groups is 2. The standard InChI is InChI=1S/C15H13ClO3/c1-9(17)14-7-13(19-10(14)2)8-15(18)11-3-5-12(16)6-4-11/h3-7H,8H2,1-2H3. The number of furan rings is 1. The van der Waals surface area contributed by atoms with Crippen LogP contribution in [0.5, 0.6) is 0 Å². The molecule has 0 fully saturated rings. The van der Waals surface area contributed by atoms with E-state index in [0.29, 0.717) is 27.7 Å². The number of benzene rings is 1. The predicted molar refractivity (Wildman–Crippen MR) is 72.9 cm³/mol. The predicted octanol–water partition coefficient (Wildman–Crippen LogP) is 3.87. The van der Waals surface area contributed by atoms with Crippen molar-refractivity contribution < 1.29 is 14.0 Å². The molecule has 0 unspecified atom stereocenters. The van der Waals surface area contributed by atoms with Crippen LogP contribution in [0.4, 0.5) is 0 Å². The van der Waals surface area contributed by atoms with Gasteiger partial charge in [-0.05, 0) is 44.2 Å². The van der Waals surface area contributed by atoms with E-state index in [0.717, 1.165) is 0 Å². The van der Waals surface area contributed by atoms with Gasteiger partial charge in [-0.2, -0.15) is 0 Å². The number of hydrogen-bond acceptors (Lipinski definition) is 3. The Labute approximate surface area is 116 Å². The summed E-state index contributed by atoms with van der Waals surface area (Å²) < 4.78 is 5.42. The average molecular weight is 277 g/mol. The van der Waals surface area contributed by atoms with Gasteiger partial charge in [-0.25, -0.2) is 0 Å². The van der Waals surface area contributed by atoms with Crippen molar-refractivity contribution in [3.05, 3.63) is 58.0 Å². The number of ketones is 2. The zero-order chi connectivity index (χ0) is 14.0. The van der Waals surface area contributed by atoms with Gasteiger partial charge in [0.1, 0.15) is 11.5 Å². The molecule has 0 bridgehead atoms. The Kier molecular flexibility index (Phi) is 3.86. The number of carbonyl (C=O) groups excluding carboxylic acids is 2. The molecule has 3 nitrogen and oxygen atoms in total. The molecular weight excluding hydrogens is 264 g/mol. The first-order valence-electron chi connectivity index (χ1n) is 5.86. The van der Waals surface area contributed by atoms with Crippen LogP contribution in [0.25, 0.3) is 0 Å². The molecule has 0 aliphatic rings. The fraction of sp³-hybridized carbons (Fsp3) is 0.200. The van der Waals surface area contributed by atoms with Crippen LogP contribution < -0.4 is 0 Å². The van der Waals surface area contributed by atoms with Crippen molar-refractivity contribution in [1.82, 2.24) is 0 Å². The molecule has 19 heavy (non-hydrogen) atoms. The molecule has 0 amide bonds. The summed E-state index contributed by atoms with van der Waals surface area (Å²) in [6.07, 6.45) is 0.135. The molecule has 1 aromatic heterocycles. The lowest BCUT2D eigenvalue weighted by Crippen LogP contribution is -2.02. The van der Waals surface area contributed by atoms with Gasteiger partial charge in [-0.3, -0.25) is 9.59 Å². The maximum atomic E-state index is 12.0. The summed E-state index contributed by atoms with van der Waals surface area (Å²) >= 11 is 5.77. The maximum absolute atomic E-state index is 12.0. The Morgan fingerprint density at radius 3 is 2.37 bits per heavy atom. The molecular formula is C15H13ClO3. The summed E-state index contributed by atoms with van der Waals surface area (Å²) in [5, 5.41) is 0.587. The number of Topliss-reactive ketones (excluding diaryl/α,β-unsaturated/α-hetero) is 2. The van der Waals surface area contributed by atoms with Gasteiger partial charge in [-0.15, -0.1) is 0 Å². The van der Waals surface area contributed by atoms with Gasteiger partial charge >= 0.3 is 0 Å². The highest BCUT2D eigenvalue weighted by Crippen LogP contribution is 2.18. The highest BCUT2D eigenvalue weighted by molar-refractivity contribution is 6.30. The van der Waals surface area contributed by atoms with E-state index in [2.05, 4.69) is 0 Å². The number of rotatable bonds is 4. The normalized spacial score (nSPS) is 10.5. The molecule has 0 atom stereocenters. The molecule has 98 valence electrons. The zero-order valence-corrected chi connectivity index (χ0v) is 11.5.